The maximum absolute atomic E-state index is 2.74. The third-order valence-corrected chi connectivity index (χ3v) is 22.3. The van der Waals surface area contributed by atoms with E-state index in [4.69, 9.17) is 0 Å². The molecule has 0 saturated heterocycles. The van der Waals surface area contributed by atoms with Crippen LogP contribution in [-0.2, 0) is 12.8 Å². The third-order valence-electron chi connectivity index (χ3n) is 12.2. The fraction of sp³-hybridized carbons (Fsp3) is 0.238. The molecule has 0 saturated carbocycles. The van der Waals surface area contributed by atoms with Gasteiger partial charge in [0.05, 0.1) is 13.6 Å². The van der Waals surface area contributed by atoms with Crippen LogP contribution in [0.4, 0.5) is 0 Å². The van der Waals surface area contributed by atoms with Crippen molar-refractivity contribution in [1.82, 2.24) is 4.57 Å². The summed E-state index contributed by atoms with van der Waals surface area (Å²) < 4.78 is 2.74. The Labute approximate surface area is 283 Å². The first kappa shape index (κ1) is 29.5. The van der Waals surface area contributed by atoms with Crippen LogP contribution in [0.1, 0.15) is 24.1 Å². The van der Waals surface area contributed by atoms with Crippen LogP contribution in [0.5, 0.6) is 0 Å². The van der Waals surface area contributed by atoms with Crippen LogP contribution in [0.3, 0.4) is 0 Å². The van der Waals surface area contributed by atoms with Gasteiger partial charge < -0.3 is 4.57 Å². The van der Waals surface area contributed by atoms with Gasteiger partial charge in [0.25, 0.3) is 0 Å². The Hall–Kier alpha value is -3.64. The van der Waals surface area contributed by atoms with Crippen LogP contribution < -0.4 is 47.5 Å². The molecule has 0 bridgehead atoms. The molecule has 5 heteroatoms. The summed E-state index contributed by atoms with van der Waals surface area (Å²) in [6.07, 6.45) is 4.94. The molecule has 0 N–H and O–H groups in total. The summed E-state index contributed by atoms with van der Waals surface area (Å²) in [7, 11) is -6.03. The zero-order valence-corrected chi connectivity index (χ0v) is 31.7. The van der Waals surface area contributed by atoms with Crippen LogP contribution in [0.2, 0.25) is 39.3 Å². The molecular formula is C42H44BNSi3. The molecule has 47 heavy (non-hydrogen) atoms. The van der Waals surface area contributed by atoms with E-state index in [9.17, 15) is 0 Å². The Kier molecular flexibility index (Phi) is 6.39. The topological polar surface area (TPSA) is 4.93 Å². The number of fused-ring (bicyclic) bond motifs is 7. The molecule has 1 aliphatic carbocycles. The summed E-state index contributed by atoms with van der Waals surface area (Å²) in [6.45, 7) is 15.7. The molecule has 1 aromatic heterocycles. The quantitative estimate of drug-likeness (QED) is 0.253. The number of nitrogens with zero attached hydrogens (tertiary/aromatic N) is 1. The minimum atomic E-state index is -2.36. The van der Waals surface area contributed by atoms with E-state index in [-0.39, 0.29) is 6.71 Å². The fourth-order valence-corrected chi connectivity index (χ4v) is 19.0. The number of hydrogen-bond acceptors (Lipinski definition) is 0. The number of para-hydroxylation sites is 1. The van der Waals surface area contributed by atoms with Crippen molar-refractivity contribution in [3.05, 3.63) is 120 Å². The van der Waals surface area contributed by atoms with Crippen molar-refractivity contribution in [3.8, 4) is 5.69 Å². The van der Waals surface area contributed by atoms with Crippen molar-refractivity contribution >= 4 is 89.3 Å². The SMILES string of the molecule is C[Si](C)(C)c1ccc2c(c1)[Si](C)(c1ccccc1)c1ccc(-n3c4c(c5ccccc53)CCCC4)c3c1B2c1ccccc1[Si]3(C)C. The van der Waals surface area contributed by atoms with Gasteiger partial charge in [-0.1, -0.05) is 173 Å². The first-order valence-corrected chi connectivity index (χ1v) is 26.7. The number of hydrogen-bond donors (Lipinski definition) is 0. The summed E-state index contributed by atoms with van der Waals surface area (Å²) >= 11 is 0. The van der Waals surface area contributed by atoms with Crippen LogP contribution in [0, 0.1) is 0 Å². The maximum Gasteiger partial charge on any atom is 0.240 e. The van der Waals surface area contributed by atoms with Crippen LogP contribution in [-0.4, -0.2) is 35.5 Å². The Morgan fingerprint density at radius 3 is 2.17 bits per heavy atom. The number of rotatable bonds is 3. The molecule has 0 amide bonds. The molecule has 5 aromatic carbocycles. The van der Waals surface area contributed by atoms with E-state index in [2.05, 4.69) is 153 Å². The molecule has 1 atom stereocenters. The average molecular weight is 658 g/mol. The largest absolute Gasteiger partial charge is 0.313 e. The number of aromatic nitrogens is 1. The molecule has 9 rings (SSSR count). The summed E-state index contributed by atoms with van der Waals surface area (Å²) in [4.78, 5) is 0. The summed E-state index contributed by atoms with van der Waals surface area (Å²) in [5.74, 6) is 0. The van der Waals surface area contributed by atoms with E-state index in [1.807, 2.05) is 0 Å². The molecule has 0 spiro atoms. The monoisotopic (exact) mass is 657 g/mol. The molecule has 0 radical (unpaired) electrons. The highest BCUT2D eigenvalue weighted by Crippen LogP contribution is 2.35. The minimum absolute atomic E-state index is 0.268. The zero-order chi connectivity index (χ0) is 32.3. The summed E-state index contributed by atoms with van der Waals surface area (Å²) in [5.41, 5.74) is 10.8. The summed E-state index contributed by atoms with van der Waals surface area (Å²) in [5, 5.41) is 11.2. The highest BCUT2D eigenvalue weighted by Gasteiger charge is 2.52. The molecule has 0 fully saturated rings. The predicted octanol–water partition coefficient (Wildman–Crippen LogP) is 4.12. The van der Waals surface area contributed by atoms with E-state index < -0.39 is 24.2 Å². The van der Waals surface area contributed by atoms with Crippen molar-refractivity contribution in [3.63, 3.8) is 0 Å². The van der Waals surface area contributed by atoms with Crippen LogP contribution in [0.25, 0.3) is 16.6 Å². The Morgan fingerprint density at radius 2 is 1.36 bits per heavy atom. The van der Waals surface area contributed by atoms with Gasteiger partial charge in [-0.05, 0) is 53.8 Å². The van der Waals surface area contributed by atoms with Crippen molar-refractivity contribution < 1.29 is 0 Å². The molecule has 3 aliphatic rings. The Morgan fingerprint density at radius 1 is 0.660 bits per heavy atom. The van der Waals surface area contributed by atoms with Crippen molar-refractivity contribution in [2.75, 3.05) is 0 Å². The third kappa shape index (κ3) is 4.00. The second-order valence-corrected chi connectivity index (χ2v) is 29.4. The lowest BCUT2D eigenvalue weighted by atomic mass is 9.36. The first-order chi connectivity index (χ1) is 22.6. The molecule has 1 nitrogen and oxygen atoms in total. The smallest absolute Gasteiger partial charge is 0.240 e. The standard InChI is InChI=1S/C42H44BNSi3/c1-45(2,3)30-24-25-34-40(28-30)47(6,29-16-8-7-9-17-29)39-27-26-37(42-41(39)43(34)33-20-12-15-23-38(33)46(42,4)5)44-35-21-13-10-18-31(35)32-19-11-14-22-36(32)44/h7-10,12-13,15-18,20-21,23-28H,11,14,19,22H2,1-6H3. The molecular weight excluding hydrogens is 614 g/mol. The van der Waals surface area contributed by atoms with Gasteiger partial charge in [0, 0.05) is 16.8 Å². The van der Waals surface area contributed by atoms with Crippen LogP contribution >= 0.6 is 0 Å². The van der Waals surface area contributed by atoms with Gasteiger partial charge in [0.2, 0.25) is 6.71 Å². The minimum Gasteiger partial charge on any atom is -0.313 e. The fourth-order valence-electron chi connectivity index (χ4n) is 9.82. The Balaban J connectivity index is 1.45. The van der Waals surface area contributed by atoms with Crippen molar-refractivity contribution in [2.45, 2.75) is 65.0 Å². The molecule has 3 heterocycles. The lowest BCUT2D eigenvalue weighted by Gasteiger charge is -2.47. The highest BCUT2D eigenvalue weighted by atomic mass is 28.3. The second-order valence-electron chi connectivity index (χ2n) is 16.1. The van der Waals surface area contributed by atoms with Gasteiger partial charge >= 0.3 is 0 Å². The zero-order valence-electron chi connectivity index (χ0n) is 28.7. The summed E-state index contributed by atoms with van der Waals surface area (Å²) in [6, 6.07) is 43.4. The van der Waals surface area contributed by atoms with Crippen LogP contribution in [0.15, 0.2) is 109 Å². The van der Waals surface area contributed by atoms with Gasteiger partial charge in [0.15, 0.2) is 0 Å². The molecule has 6 aromatic rings. The average Bonchev–Trinajstić information content (AvgIpc) is 3.42. The van der Waals surface area contributed by atoms with E-state index in [1.165, 1.54) is 47.5 Å². The second kappa shape index (κ2) is 10.2. The van der Waals surface area contributed by atoms with Gasteiger partial charge in [-0.25, -0.2) is 0 Å². The van der Waals surface area contributed by atoms with E-state index in [0.29, 0.717) is 0 Å². The molecule has 2 aliphatic heterocycles. The Bertz CT molecular complexity index is 2240. The van der Waals surface area contributed by atoms with Crippen molar-refractivity contribution in [2.24, 2.45) is 0 Å². The van der Waals surface area contributed by atoms with E-state index in [0.717, 1.165) is 0 Å². The normalized spacial score (nSPS) is 19.1. The number of benzene rings is 5. The predicted molar refractivity (Wildman–Crippen MR) is 214 cm³/mol. The lowest BCUT2D eigenvalue weighted by molar-refractivity contribution is 0.667. The van der Waals surface area contributed by atoms with Crippen molar-refractivity contribution in [1.29, 1.82) is 0 Å². The van der Waals surface area contributed by atoms with E-state index in [1.54, 1.807) is 53.6 Å². The first-order valence-electron chi connectivity index (χ1n) is 17.7. The van der Waals surface area contributed by atoms with Gasteiger partial charge in [-0.2, -0.15) is 0 Å². The van der Waals surface area contributed by atoms with Gasteiger partial charge in [-0.3, -0.25) is 0 Å². The lowest BCUT2D eigenvalue weighted by Crippen LogP contribution is -2.89. The molecule has 232 valence electrons. The molecule has 1 unspecified atom stereocenters. The van der Waals surface area contributed by atoms with Gasteiger partial charge in [-0.15, -0.1) is 0 Å². The van der Waals surface area contributed by atoms with Gasteiger partial charge in [0.1, 0.15) is 16.1 Å². The maximum atomic E-state index is 2.74. The highest BCUT2D eigenvalue weighted by molar-refractivity contribution is 7.24. The number of aryl methyl sites for hydroxylation is 1. The van der Waals surface area contributed by atoms with E-state index >= 15 is 0 Å².